The molecule has 2 aromatic carbocycles. The zero-order valence-corrected chi connectivity index (χ0v) is 15.3. The number of nitrogens with one attached hydrogen (secondary N) is 2. The van der Waals surface area contributed by atoms with Crippen LogP contribution >= 0.6 is 11.3 Å². The van der Waals surface area contributed by atoms with Crippen LogP contribution in [0.5, 0.6) is 0 Å². The van der Waals surface area contributed by atoms with Crippen molar-refractivity contribution in [2.75, 3.05) is 11.9 Å². The summed E-state index contributed by atoms with van der Waals surface area (Å²) in [5.74, 6) is -0.249. The van der Waals surface area contributed by atoms with Crippen molar-refractivity contribution in [1.29, 1.82) is 0 Å². The molecule has 0 saturated carbocycles. The second-order valence-corrected chi connectivity index (χ2v) is 7.45. The molecule has 2 heterocycles. The Hall–Kier alpha value is -2.77. The van der Waals surface area contributed by atoms with Crippen molar-refractivity contribution < 1.29 is 9.50 Å². The van der Waals surface area contributed by atoms with Crippen LogP contribution in [0.4, 0.5) is 9.52 Å². The van der Waals surface area contributed by atoms with Crippen molar-refractivity contribution in [2.24, 2.45) is 0 Å². The number of aromatic nitrogens is 3. The Bertz CT molecular complexity index is 1030. The second-order valence-electron chi connectivity index (χ2n) is 6.39. The summed E-state index contributed by atoms with van der Waals surface area (Å²) in [7, 11) is 0. The summed E-state index contributed by atoms with van der Waals surface area (Å²) in [6.45, 7) is -0.00756. The molecular weight excluding hydrogens is 363 g/mol. The number of hydrogen-bond donors (Lipinski definition) is 3. The highest BCUT2D eigenvalue weighted by Crippen LogP contribution is 2.22. The van der Waals surface area contributed by atoms with Gasteiger partial charge in [0.2, 0.25) is 5.13 Å². The van der Waals surface area contributed by atoms with Crippen LogP contribution in [0.1, 0.15) is 16.1 Å². The van der Waals surface area contributed by atoms with Crippen LogP contribution in [0.25, 0.3) is 10.9 Å². The summed E-state index contributed by atoms with van der Waals surface area (Å²) in [4.78, 5) is 3.26. The Kier molecular flexibility index (Phi) is 5.13. The molecule has 7 heteroatoms. The molecule has 1 unspecified atom stereocenters. The average molecular weight is 382 g/mol. The second kappa shape index (κ2) is 7.85. The largest absolute Gasteiger partial charge is 0.394 e. The summed E-state index contributed by atoms with van der Waals surface area (Å²) in [6, 6.07) is 14.3. The molecule has 27 heavy (non-hydrogen) atoms. The number of para-hydroxylation sites is 1. The number of fused-ring (bicyclic) bond motifs is 1. The van der Waals surface area contributed by atoms with Gasteiger partial charge in [0.05, 0.1) is 12.6 Å². The van der Waals surface area contributed by atoms with Gasteiger partial charge in [0.15, 0.2) is 0 Å². The third kappa shape index (κ3) is 4.15. The van der Waals surface area contributed by atoms with E-state index in [1.54, 1.807) is 12.1 Å². The van der Waals surface area contributed by atoms with Crippen molar-refractivity contribution in [3.8, 4) is 0 Å². The number of aliphatic hydroxyl groups is 1. The van der Waals surface area contributed by atoms with Crippen LogP contribution < -0.4 is 5.32 Å². The van der Waals surface area contributed by atoms with E-state index in [2.05, 4.69) is 26.6 Å². The zero-order valence-electron chi connectivity index (χ0n) is 14.5. The maximum atomic E-state index is 13.0. The first-order valence-electron chi connectivity index (χ1n) is 8.70. The quantitative estimate of drug-likeness (QED) is 0.455. The molecule has 5 nitrogen and oxygen atoms in total. The van der Waals surface area contributed by atoms with Gasteiger partial charge in [-0.2, -0.15) is 0 Å². The van der Waals surface area contributed by atoms with Crippen LogP contribution in [0, 0.1) is 5.82 Å². The number of nitrogens with zero attached hydrogens (tertiary/aromatic N) is 2. The van der Waals surface area contributed by atoms with Gasteiger partial charge in [-0.1, -0.05) is 41.7 Å². The molecule has 4 aromatic rings. The molecule has 0 aliphatic carbocycles. The lowest BCUT2D eigenvalue weighted by molar-refractivity contribution is 0.274. The molecule has 3 N–H and O–H groups in total. The van der Waals surface area contributed by atoms with E-state index in [0.29, 0.717) is 18.0 Å². The van der Waals surface area contributed by atoms with Gasteiger partial charge in [-0.05, 0) is 35.7 Å². The molecular formula is C20H19FN4OS. The lowest BCUT2D eigenvalue weighted by Gasteiger charge is -2.14. The number of anilines is 1. The first kappa shape index (κ1) is 17.6. The summed E-state index contributed by atoms with van der Waals surface area (Å²) in [5.41, 5.74) is 3.21. The number of benzene rings is 2. The van der Waals surface area contributed by atoms with Gasteiger partial charge >= 0.3 is 0 Å². The fourth-order valence-corrected chi connectivity index (χ4v) is 3.91. The molecule has 138 valence electrons. The molecule has 0 radical (unpaired) electrons. The van der Waals surface area contributed by atoms with E-state index in [9.17, 15) is 9.50 Å². The molecule has 0 aliphatic rings. The lowest BCUT2D eigenvalue weighted by atomic mass is 10.1. The van der Waals surface area contributed by atoms with Crippen LogP contribution in [0.2, 0.25) is 0 Å². The van der Waals surface area contributed by atoms with Crippen LogP contribution in [0.3, 0.4) is 0 Å². The van der Waals surface area contributed by atoms with Gasteiger partial charge in [0.1, 0.15) is 10.8 Å². The number of halogens is 1. The molecule has 2 aromatic heterocycles. The predicted molar refractivity (Wildman–Crippen MR) is 106 cm³/mol. The van der Waals surface area contributed by atoms with Crippen molar-refractivity contribution >= 4 is 27.4 Å². The van der Waals surface area contributed by atoms with Gasteiger partial charge < -0.3 is 15.4 Å². The first-order valence-corrected chi connectivity index (χ1v) is 9.52. The number of aromatic amines is 1. The molecule has 1 atom stereocenters. The summed E-state index contributed by atoms with van der Waals surface area (Å²) in [6.07, 6.45) is 3.26. The molecule has 4 rings (SSSR count). The van der Waals surface area contributed by atoms with Gasteiger partial charge in [-0.15, -0.1) is 10.2 Å². The SMILES string of the molecule is OCC(Cc1c[nH]c2ccccc12)Nc1nnc(Cc2ccc(F)cc2)s1. The molecule has 0 saturated heterocycles. The maximum absolute atomic E-state index is 13.0. The number of rotatable bonds is 7. The third-order valence-corrected chi connectivity index (χ3v) is 5.28. The van der Waals surface area contributed by atoms with Crippen molar-refractivity contribution in [1.82, 2.24) is 15.2 Å². The van der Waals surface area contributed by atoms with E-state index in [1.807, 2.05) is 24.4 Å². The highest BCUT2D eigenvalue weighted by atomic mass is 32.1. The van der Waals surface area contributed by atoms with Gasteiger partial charge in [-0.3, -0.25) is 0 Å². The maximum Gasteiger partial charge on any atom is 0.205 e. The van der Waals surface area contributed by atoms with E-state index >= 15 is 0 Å². The average Bonchev–Trinajstić information content (AvgIpc) is 3.30. The Balaban J connectivity index is 1.43. The van der Waals surface area contributed by atoms with Crippen molar-refractivity contribution in [3.05, 3.63) is 76.7 Å². The number of aliphatic hydroxyl groups excluding tert-OH is 1. The van der Waals surface area contributed by atoms with E-state index < -0.39 is 0 Å². The van der Waals surface area contributed by atoms with E-state index in [0.717, 1.165) is 27.0 Å². The lowest BCUT2D eigenvalue weighted by Crippen LogP contribution is -2.26. The van der Waals surface area contributed by atoms with E-state index in [1.165, 1.54) is 23.5 Å². The molecule has 0 aliphatic heterocycles. The highest BCUT2D eigenvalue weighted by Gasteiger charge is 2.14. The first-order chi connectivity index (χ1) is 13.2. The predicted octanol–water partition coefficient (Wildman–Crippen LogP) is 3.76. The Morgan fingerprint density at radius 3 is 2.74 bits per heavy atom. The van der Waals surface area contributed by atoms with Gasteiger partial charge in [0.25, 0.3) is 0 Å². The normalized spacial score (nSPS) is 12.4. The smallest absolute Gasteiger partial charge is 0.205 e. The van der Waals surface area contributed by atoms with Crippen molar-refractivity contribution in [2.45, 2.75) is 18.9 Å². The molecule has 0 amide bonds. The standard InChI is InChI=1S/C20H19FN4OS/c21-15-7-5-13(6-8-15)9-19-24-25-20(27-19)23-16(12-26)10-14-11-22-18-4-2-1-3-17(14)18/h1-8,11,16,22,26H,9-10,12H2,(H,23,25). The fourth-order valence-electron chi connectivity index (χ4n) is 3.06. The van der Waals surface area contributed by atoms with Crippen molar-refractivity contribution in [3.63, 3.8) is 0 Å². The van der Waals surface area contributed by atoms with E-state index in [-0.39, 0.29) is 18.5 Å². The summed E-state index contributed by atoms with van der Waals surface area (Å²) >= 11 is 1.45. The molecule has 0 fully saturated rings. The van der Waals surface area contributed by atoms with Crippen LogP contribution in [-0.4, -0.2) is 32.9 Å². The number of H-pyrrole nitrogens is 1. The summed E-state index contributed by atoms with van der Waals surface area (Å²) < 4.78 is 13.0. The van der Waals surface area contributed by atoms with E-state index in [4.69, 9.17) is 0 Å². The highest BCUT2D eigenvalue weighted by molar-refractivity contribution is 7.15. The Morgan fingerprint density at radius 1 is 1.11 bits per heavy atom. The fraction of sp³-hybridized carbons (Fsp3) is 0.200. The minimum atomic E-state index is -0.249. The van der Waals surface area contributed by atoms with Gasteiger partial charge in [0, 0.05) is 23.5 Å². The van der Waals surface area contributed by atoms with Crippen LogP contribution in [-0.2, 0) is 12.8 Å². The molecule has 0 bridgehead atoms. The monoisotopic (exact) mass is 382 g/mol. The number of hydrogen-bond acceptors (Lipinski definition) is 5. The zero-order chi connectivity index (χ0) is 18.6. The minimum absolute atomic E-state index is 0.00756. The van der Waals surface area contributed by atoms with Crippen LogP contribution in [0.15, 0.2) is 54.7 Å². The van der Waals surface area contributed by atoms with Gasteiger partial charge in [-0.25, -0.2) is 4.39 Å². The minimum Gasteiger partial charge on any atom is -0.394 e. The molecule has 0 spiro atoms. The Labute approximate surface area is 159 Å². The summed E-state index contributed by atoms with van der Waals surface area (Å²) in [5, 5.41) is 24.1. The Morgan fingerprint density at radius 2 is 1.93 bits per heavy atom. The third-order valence-electron chi connectivity index (χ3n) is 4.42. The topological polar surface area (TPSA) is 73.8 Å².